The molecule has 4 heteroatoms. The van der Waals surface area contributed by atoms with Crippen LogP contribution < -0.4 is 0 Å². The Hall–Kier alpha value is -1.33. The number of fused-ring (bicyclic) bond motifs is 2. The molecule has 0 aromatic heterocycles. The third-order valence-electron chi connectivity index (χ3n) is 5.15. The Balaban J connectivity index is 1.72. The smallest absolute Gasteiger partial charge is 0.129 e. The van der Waals surface area contributed by atoms with Crippen LogP contribution in [0.4, 0.5) is 0 Å². The first-order chi connectivity index (χ1) is 11.7. The fraction of sp³-hybridized carbons (Fsp3) is 0.400. The summed E-state index contributed by atoms with van der Waals surface area (Å²) in [5.41, 5.74) is 1.17. The predicted molar refractivity (Wildman–Crippen MR) is 98.6 cm³/mol. The molecule has 24 heavy (non-hydrogen) atoms. The standard InChI is InChI=1S/C20H24N2OS/c1-21-11-6-12-22(14-13-21)15-20(23)16-7-2-4-9-18(16)24-19-10-5-3-8-17(19)20/h2-5,7-10,23H,6,11-15H2,1H3. The highest BCUT2D eigenvalue weighted by atomic mass is 32.2. The molecule has 2 aliphatic heterocycles. The van der Waals surface area contributed by atoms with Gasteiger partial charge >= 0.3 is 0 Å². The third kappa shape index (κ3) is 2.88. The number of aliphatic hydroxyl groups is 1. The van der Waals surface area contributed by atoms with Crippen molar-refractivity contribution < 1.29 is 5.11 Å². The molecule has 4 rings (SSSR count). The molecule has 1 fully saturated rings. The van der Waals surface area contributed by atoms with Crippen molar-refractivity contribution >= 4 is 11.8 Å². The van der Waals surface area contributed by atoms with Gasteiger partial charge in [0, 0.05) is 40.6 Å². The summed E-state index contributed by atoms with van der Waals surface area (Å²) in [6, 6.07) is 16.6. The van der Waals surface area contributed by atoms with Crippen LogP contribution in [-0.2, 0) is 5.60 Å². The Morgan fingerprint density at radius 1 is 0.917 bits per heavy atom. The van der Waals surface area contributed by atoms with Gasteiger partial charge in [-0.2, -0.15) is 0 Å². The molecule has 1 N–H and O–H groups in total. The number of benzene rings is 2. The zero-order chi connectivity index (χ0) is 16.6. The first kappa shape index (κ1) is 16.2. The average molecular weight is 340 g/mol. The van der Waals surface area contributed by atoms with Gasteiger partial charge in [-0.15, -0.1) is 0 Å². The first-order valence-electron chi connectivity index (χ1n) is 8.67. The van der Waals surface area contributed by atoms with Gasteiger partial charge in [0.15, 0.2) is 0 Å². The van der Waals surface area contributed by atoms with Gasteiger partial charge in [0.1, 0.15) is 5.60 Å². The molecular weight excluding hydrogens is 316 g/mol. The summed E-state index contributed by atoms with van der Waals surface area (Å²) in [6.45, 7) is 4.92. The molecule has 126 valence electrons. The van der Waals surface area contributed by atoms with Crippen molar-refractivity contribution in [2.24, 2.45) is 0 Å². The van der Waals surface area contributed by atoms with Crippen LogP contribution in [0.1, 0.15) is 17.5 Å². The predicted octanol–water partition coefficient (Wildman–Crippen LogP) is 3.02. The average Bonchev–Trinajstić information content (AvgIpc) is 2.80. The van der Waals surface area contributed by atoms with Gasteiger partial charge in [0.2, 0.25) is 0 Å². The van der Waals surface area contributed by atoms with E-state index >= 15 is 0 Å². The SMILES string of the molecule is CN1CCCN(CC2(O)c3ccccc3Sc3ccccc32)CC1. The fourth-order valence-electron chi connectivity index (χ4n) is 3.81. The monoisotopic (exact) mass is 340 g/mol. The number of likely N-dealkylation sites (N-methyl/N-ethyl adjacent to an activating group) is 1. The van der Waals surface area contributed by atoms with Gasteiger partial charge in [-0.1, -0.05) is 48.2 Å². The number of nitrogens with zero attached hydrogens (tertiary/aromatic N) is 2. The highest BCUT2D eigenvalue weighted by Gasteiger charge is 2.40. The molecule has 0 saturated carbocycles. The molecule has 0 bridgehead atoms. The maximum absolute atomic E-state index is 11.8. The Kier molecular flexibility index (Phi) is 4.39. The van der Waals surface area contributed by atoms with Gasteiger partial charge in [-0.3, -0.25) is 4.90 Å². The van der Waals surface area contributed by atoms with Crippen molar-refractivity contribution in [3.05, 3.63) is 59.7 Å². The molecule has 0 unspecified atom stereocenters. The van der Waals surface area contributed by atoms with Crippen molar-refractivity contribution in [1.82, 2.24) is 9.80 Å². The highest BCUT2D eigenvalue weighted by molar-refractivity contribution is 7.99. The van der Waals surface area contributed by atoms with Crippen LogP contribution in [0.2, 0.25) is 0 Å². The number of hydrogen-bond donors (Lipinski definition) is 1. The summed E-state index contributed by atoms with van der Waals surface area (Å²) in [4.78, 5) is 7.15. The lowest BCUT2D eigenvalue weighted by atomic mass is 9.85. The summed E-state index contributed by atoms with van der Waals surface area (Å²) in [7, 11) is 2.18. The molecular formula is C20H24N2OS. The lowest BCUT2D eigenvalue weighted by Gasteiger charge is -2.39. The molecule has 2 aliphatic rings. The number of hydrogen-bond acceptors (Lipinski definition) is 4. The van der Waals surface area contributed by atoms with Crippen LogP contribution in [0.5, 0.6) is 0 Å². The van der Waals surface area contributed by atoms with E-state index in [1.807, 2.05) is 12.1 Å². The lowest BCUT2D eigenvalue weighted by Crippen LogP contribution is -2.44. The fourth-order valence-corrected chi connectivity index (χ4v) is 5.03. The molecule has 0 amide bonds. The van der Waals surface area contributed by atoms with Crippen LogP contribution in [0.25, 0.3) is 0 Å². The molecule has 2 aromatic carbocycles. The summed E-state index contributed by atoms with van der Waals surface area (Å²) >= 11 is 1.76. The van der Waals surface area contributed by atoms with E-state index < -0.39 is 5.60 Å². The minimum Gasteiger partial charge on any atom is -0.379 e. The minimum absolute atomic E-state index is 0.662. The largest absolute Gasteiger partial charge is 0.379 e. The maximum atomic E-state index is 11.8. The van der Waals surface area contributed by atoms with E-state index in [9.17, 15) is 5.11 Å². The highest BCUT2D eigenvalue weighted by Crippen LogP contribution is 2.48. The molecule has 0 radical (unpaired) electrons. The van der Waals surface area contributed by atoms with E-state index in [4.69, 9.17) is 0 Å². The van der Waals surface area contributed by atoms with E-state index in [0.29, 0.717) is 6.54 Å². The zero-order valence-corrected chi connectivity index (χ0v) is 14.9. The Bertz CT molecular complexity index is 688. The van der Waals surface area contributed by atoms with E-state index in [1.165, 1.54) is 9.79 Å². The van der Waals surface area contributed by atoms with Gasteiger partial charge in [-0.25, -0.2) is 0 Å². The summed E-state index contributed by atoms with van der Waals surface area (Å²) in [6.07, 6.45) is 1.16. The first-order valence-corrected chi connectivity index (χ1v) is 9.48. The molecule has 2 heterocycles. The van der Waals surface area contributed by atoms with Crippen molar-refractivity contribution in [2.75, 3.05) is 39.8 Å². The summed E-state index contributed by atoms with van der Waals surface area (Å²) < 4.78 is 0. The van der Waals surface area contributed by atoms with Crippen molar-refractivity contribution in [3.63, 3.8) is 0 Å². The second kappa shape index (κ2) is 6.52. The molecule has 0 spiro atoms. The van der Waals surface area contributed by atoms with Crippen LogP contribution >= 0.6 is 11.8 Å². The van der Waals surface area contributed by atoms with Gasteiger partial charge < -0.3 is 10.0 Å². The maximum Gasteiger partial charge on any atom is 0.129 e. The van der Waals surface area contributed by atoms with Crippen molar-refractivity contribution in [1.29, 1.82) is 0 Å². The van der Waals surface area contributed by atoms with E-state index in [0.717, 1.165) is 43.7 Å². The van der Waals surface area contributed by atoms with Gasteiger partial charge in [0.25, 0.3) is 0 Å². The Morgan fingerprint density at radius 2 is 1.54 bits per heavy atom. The molecule has 3 nitrogen and oxygen atoms in total. The number of rotatable bonds is 2. The zero-order valence-electron chi connectivity index (χ0n) is 14.1. The van der Waals surface area contributed by atoms with E-state index in [-0.39, 0.29) is 0 Å². The van der Waals surface area contributed by atoms with Crippen molar-refractivity contribution in [2.45, 2.75) is 21.8 Å². The molecule has 1 saturated heterocycles. The van der Waals surface area contributed by atoms with Crippen LogP contribution in [0, 0.1) is 0 Å². The van der Waals surface area contributed by atoms with Crippen molar-refractivity contribution in [3.8, 4) is 0 Å². The normalized spacial score (nSPS) is 20.9. The van der Waals surface area contributed by atoms with Gasteiger partial charge in [-0.05, 0) is 38.7 Å². The van der Waals surface area contributed by atoms with E-state index in [1.54, 1.807) is 11.8 Å². The minimum atomic E-state index is -0.929. The topological polar surface area (TPSA) is 26.7 Å². The third-order valence-corrected chi connectivity index (χ3v) is 6.30. The quantitative estimate of drug-likeness (QED) is 0.909. The van der Waals surface area contributed by atoms with Crippen LogP contribution in [-0.4, -0.2) is 54.7 Å². The summed E-state index contributed by atoms with van der Waals surface area (Å²) in [5.74, 6) is 0. The summed E-state index contributed by atoms with van der Waals surface area (Å²) in [5, 5.41) is 11.8. The molecule has 0 atom stereocenters. The molecule has 0 aliphatic carbocycles. The Morgan fingerprint density at radius 3 is 2.21 bits per heavy atom. The lowest BCUT2D eigenvalue weighted by molar-refractivity contribution is 0.0315. The van der Waals surface area contributed by atoms with Crippen LogP contribution in [0.15, 0.2) is 58.3 Å². The van der Waals surface area contributed by atoms with Crippen LogP contribution in [0.3, 0.4) is 0 Å². The number of β-amino-alcohol motifs (C(OH)–C–C–N with tert-alkyl or cyclic N) is 1. The van der Waals surface area contributed by atoms with E-state index in [2.05, 4.69) is 53.2 Å². The van der Waals surface area contributed by atoms with Gasteiger partial charge in [0.05, 0.1) is 0 Å². The Labute approximate surface area is 148 Å². The molecule has 2 aromatic rings. The second-order valence-electron chi connectivity index (χ2n) is 6.89. The second-order valence-corrected chi connectivity index (χ2v) is 7.97.